The highest BCUT2D eigenvalue weighted by Crippen LogP contribution is 2.19. The van der Waals surface area contributed by atoms with Gasteiger partial charge in [0.15, 0.2) is 0 Å². The molecule has 0 bridgehead atoms. The van der Waals surface area contributed by atoms with Crippen LogP contribution in [0.5, 0.6) is 0 Å². The molecule has 0 aliphatic heterocycles. The van der Waals surface area contributed by atoms with E-state index in [1.807, 2.05) is 51.1 Å². The summed E-state index contributed by atoms with van der Waals surface area (Å²) in [5.74, 6) is 0.828. The Labute approximate surface area is 134 Å². The van der Waals surface area contributed by atoms with Gasteiger partial charge in [0.2, 0.25) is 0 Å². The van der Waals surface area contributed by atoms with E-state index in [1.54, 1.807) is 6.08 Å². The van der Waals surface area contributed by atoms with Crippen molar-refractivity contribution < 1.29 is 4.74 Å². The zero-order valence-electron chi connectivity index (χ0n) is 13.9. The third kappa shape index (κ3) is 6.15. The van der Waals surface area contributed by atoms with E-state index < -0.39 is 0 Å². The Morgan fingerprint density at radius 2 is 1.91 bits per heavy atom. The van der Waals surface area contributed by atoms with Gasteiger partial charge in [-0.2, -0.15) is 0 Å². The lowest BCUT2D eigenvalue weighted by molar-refractivity contribution is 0.205. The molecule has 1 atom stereocenters. The summed E-state index contributed by atoms with van der Waals surface area (Å²) in [6.45, 7) is 10.2. The SMILES string of the molecule is C=C/C(C)=C\C(=C/C)OCC(N)C/C(=C/C)c1ccccc1. The zero-order valence-corrected chi connectivity index (χ0v) is 13.9. The van der Waals surface area contributed by atoms with Crippen LogP contribution in [0.4, 0.5) is 0 Å². The average molecular weight is 297 g/mol. The Balaban J connectivity index is 2.59. The third-order valence-corrected chi connectivity index (χ3v) is 3.42. The van der Waals surface area contributed by atoms with E-state index in [1.165, 1.54) is 11.1 Å². The van der Waals surface area contributed by atoms with Crippen molar-refractivity contribution in [1.82, 2.24) is 0 Å². The number of allylic oxidation sites excluding steroid dienone is 5. The van der Waals surface area contributed by atoms with Crippen molar-refractivity contribution in [1.29, 1.82) is 0 Å². The first kappa shape index (κ1) is 18.0. The van der Waals surface area contributed by atoms with Gasteiger partial charge in [-0.25, -0.2) is 0 Å². The lowest BCUT2D eigenvalue weighted by Crippen LogP contribution is -2.26. The third-order valence-electron chi connectivity index (χ3n) is 3.42. The molecular weight excluding hydrogens is 270 g/mol. The van der Waals surface area contributed by atoms with E-state index in [4.69, 9.17) is 10.5 Å². The Hall–Kier alpha value is -2.06. The molecule has 1 aromatic rings. The van der Waals surface area contributed by atoms with E-state index in [9.17, 15) is 0 Å². The van der Waals surface area contributed by atoms with Gasteiger partial charge < -0.3 is 10.5 Å². The molecule has 0 aliphatic rings. The van der Waals surface area contributed by atoms with Crippen molar-refractivity contribution in [2.45, 2.75) is 33.2 Å². The Morgan fingerprint density at radius 3 is 2.45 bits per heavy atom. The summed E-state index contributed by atoms with van der Waals surface area (Å²) in [5.41, 5.74) is 9.75. The van der Waals surface area contributed by atoms with Crippen LogP contribution in [0.3, 0.4) is 0 Å². The molecule has 0 heterocycles. The first-order valence-corrected chi connectivity index (χ1v) is 7.66. The monoisotopic (exact) mass is 297 g/mol. The Morgan fingerprint density at radius 1 is 1.23 bits per heavy atom. The molecule has 0 saturated heterocycles. The maximum atomic E-state index is 6.22. The standard InChI is InChI=1S/C20H27NO/c1-5-16(4)13-20(7-3)22-15-19(21)14-17(6-2)18-11-9-8-10-12-18/h5-13,19H,1,14-15,21H2,2-4H3/b16-13-,17-6-,20-7+. The molecule has 1 rings (SSSR count). The minimum absolute atomic E-state index is 0.0428. The number of rotatable bonds is 8. The van der Waals surface area contributed by atoms with E-state index in [2.05, 4.69) is 24.8 Å². The highest BCUT2D eigenvalue weighted by molar-refractivity contribution is 5.65. The summed E-state index contributed by atoms with van der Waals surface area (Å²) >= 11 is 0. The molecular formula is C20H27NO. The van der Waals surface area contributed by atoms with Crippen molar-refractivity contribution in [2.24, 2.45) is 5.73 Å². The quantitative estimate of drug-likeness (QED) is 0.549. The van der Waals surface area contributed by atoms with Gasteiger partial charge in [-0.15, -0.1) is 0 Å². The lowest BCUT2D eigenvalue weighted by Gasteiger charge is -2.16. The van der Waals surface area contributed by atoms with Crippen molar-refractivity contribution in [3.8, 4) is 0 Å². The molecule has 2 heteroatoms. The van der Waals surface area contributed by atoms with Crippen molar-refractivity contribution in [3.63, 3.8) is 0 Å². The Kier molecular flexibility index (Phi) is 8.01. The van der Waals surface area contributed by atoms with Gasteiger partial charge in [-0.3, -0.25) is 0 Å². The zero-order chi connectivity index (χ0) is 16.4. The fourth-order valence-corrected chi connectivity index (χ4v) is 2.09. The molecule has 22 heavy (non-hydrogen) atoms. The number of hydrogen-bond donors (Lipinski definition) is 1. The summed E-state index contributed by atoms with van der Waals surface area (Å²) in [6, 6.07) is 10.3. The maximum Gasteiger partial charge on any atom is 0.115 e. The van der Waals surface area contributed by atoms with Gasteiger partial charge in [0.25, 0.3) is 0 Å². The summed E-state index contributed by atoms with van der Waals surface area (Å²) in [4.78, 5) is 0. The molecule has 0 spiro atoms. The predicted molar refractivity (Wildman–Crippen MR) is 96.3 cm³/mol. The first-order chi connectivity index (χ1) is 10.6. The van der Waals surface area contributed by atoms with E-state index in [0.29, 0.717) is 6.61 Å². The number of hydrogen-bond acceptors (Lipinski definition) is 2. The number of benzene rings is 1. The second-order valence-corrected chi connectivity index (χ2v) is 5.24. The number of nitrogens with two attached hydrogens (primary N) is 1. The van der Waals surface area contributed by atoms with E-state index >= 15 is 0 Å². The van der Waals surface area contributed by atoms with Gasteiger partial charge in [0.1, 0.15) is 12.4 Å². The largest absolute Gasteiger partial charge is 0.492 e. The Bertz CT molecular complexity index is 552. The summed E-state index contributed by atoms with van der Waals surface area (Å²) < 4.78 is 5.79. The normalized spacial score (nSPS) is 14.6. The molecule has 0 amide bonds. The fourth-order valence-electron chi connectivity index (χ4n) is 2.09. The van der Waals surface area contributed by atoms with Crippen LogP contribution in [0.15, 0.2) is 72.5 Å². The fraction of sp³-hybridized carbons (Fsp3) is 0.300. The summed E-state index contributed by atoms with van der Waals surface area (Å²) in [7, 11) is 0. The molecule has 1 aromatic carbocycles. The van der Waals surface area contributed by atoms with Gasteiger partial charge in [0, 0.05) is 6.04 Å². The van der Waals surface area contributed by atoms with Crippen molar-refractivity contribution >= 4 is 5.57 Å². The molecule has 0 radical (unpaired) electrons. The van der Waals surface area contributed by atoms with E-state index in [-0.39, 0.29) is 6.04 Å². The molecule has 118 valence electrons. The van der Waals surface area contributed by atoms with Gasteiger partial charge >= 0.3 is 0 Å². The minimum atomic E-state index is -0.0428. The maximum absolute atomic E-state index is 6.22. The molecule has 1 unspecified atom stereocenters. The summed E-state index contributed by atoms with van der Waals surface area (Å²) in [5, 5.41) is 0. The molecule has 2 nitrogen and oxygen atoms in total. The average Bonchev–Trinajstić information content (AvgIpc) is 2.56. The van der Waals surface area contributed by atoms with Crippen LogP contribution in [0.2, 0.25) is 0 Å². The molecule has 2 N–H and O–H groups in total. The van der Waals surface area contributed by atoms with Crippen LogP contribution >= 0.6 is 0 Å². The minimum Gasteiger partial charge on any atom is -0.492 e. The van der Waals surface area contributed by atoms with Crippen LogP contribution in [-0.2, 0) is 4.74 Å². The van der Waals surface area contributed by atoms with Crippen molar-refractivity contribution in [2.75, 3.05) is 6.61 Å². The van der Waals surface area contributed by atoms with Crippen LogP contribution in [0.1, 0.15) is 32.8 Å². The first-order valence-electron chi connectivity index (χ1n) is 7.66. The van der Waals surface area contributed by atoms with Crippen LogP contribution < -0.4 is 5.73 Å². The van der Waals surface area contributed by atoms with E-state index in [0.717, 1.165) is 17.8 Å². The molecule has 0 aliphatic carbocycles. The lowest BCUT2D eigenvalue weighted by atomic mass is 9.99. The molecule has 0 aromatic heterocycles. The topological polar surface area (TPSA) is 35.2 Å². The van der Waals surface area contributed by atoms with Gasteiger partial charge in [-0.05, 0) is 56.1 Å². The highest BCUT2D eigenvalue weighted by Gasteiger charge is 2.09. The number of ether oxygens (including phenoxy) is 1. The van der Waals surface area contributed by atoms with Crippen LogP contribution in [-0.4, -0.2) is 12.6 Å². The molecule has 0 saturated carbocycles. The van der Waals surface area contributed by atoms with Crippen LogP contribution in [0.25, 0.3) is 5.57 Å². The molecule has 0 fully saturated rings. The van der Waals surface area contributed by atoms with Crippen LogP contribution in [0, 0.1) is 0 Å². The van der Waals surface area contributed by atoms with Gasteiger partial charge in [-0.1, -0.05) is 49.1 Å². The van der Waals surface area contributed by atoms with Crippen molar-refractivity contribution in [3.05, 3.63) is 78.1 Å². The second kappa shape index (κ2) is 9.80. The summed E-state index contributed by atoms with van der Waals surface area (Å²) in [6.07, 6.45) is 8.62. The predicted octanol–water partition coefficient (Wildman–Crippen LogP) is 4.86. The van der Waals surface area contributed by atoms with Gasteiger partial charge in [0.05, 0.1) is 0 Å². The second-order valence-electron chi connectivity index (χ2n) is 5.24. The highest BCUT2D eigenvalue weighted by atomic mass is 16.5. The smallest absolute Gasteiger partial charge is 0.115 e.